The first-order chi connectivity index (χ1) is 8.04. The van der Waals surface area contributed by atoms with Crippen molar-refractivity contribution in [1.82, 2.24) is 15.2 Å². The first kappa shape index (κ1) is 11.3. The monoisotopic (exact) mass is 253 g/mol. The van der Waals surface area contributed by atoms with E-state index in [-0.39, 0.29) is 22.5 Å². The van der Waals surface area contributed by atoms with Crippen molar-refractivity contribution in [3.63, 3.8) is 0 Å². The molecule has 0 atom stereocenters. The highest BCUT2D eigenvalue weighted by Crippen LogP contribution is 2.14. The smallest absolute Gasteiger partial charge is 0.322 e. The van der Waals surface area contributed by atoms with Gasteiger partial charge in [0, 0.05) is 12.5 Å². The Morgan fingerprint density at radius 2 is 2.24 bits per heavy atom. The van der Waals surface area contributed by atoms with Crippen molar-refractivity contribution in [3.8, 4) is 0 Å². The molecular formula is C9H8ClN5O2. The number of hydrogen-bond donors (Lipinski definition) is 2. The Bertz CT molecular complexity index is 548. The van der Waals surface area contributed by atoms with Crippen LogP contribution in [0.25, 0.3) is 0 Å². The van der Waals surface area contributed by atoms with Crippen LogP contribution in [-0.4, -0.2) is 21.1 Å². The molecule has 17 heavy (non-hydrogen) atoms. The average molecular weight is 254 g/mol. The molecule has 8 heteroatoms. The quantitative estimate of drug-likeness (QED) is 0.780. The molecule has 2 heterocycles. The van der Waals surface area contributed by atoms with Gasteiger partial charge in [-0.2, -0.15) is 0 Å². The SMILES string of the molecule is Cc1nnc(NC(=O)c2cc(N)nc(Cl)c2)o1. The molecule has 1 amide bonds. The predicted molar refractivity (Wildman–Crippen MR) is 60.6 cm³/mol. The Kier molecular flexibility index (Phi) is 2.92. The largest absolute Gasteiger partial charge is 0.408 e. The van der Waals surface area contributed by atoms with Gasteiger partial charge in [-0.25, -0.2) is 4.98 Å². The summed E-state index contributed by atoms with van der Waals surface area (Å²) in [5.41, 5.74) is 5.73. The topological polar surface area (TPSA) is 107 Å². The highest BCUT2D eigenvalue weighted by molar-refractivity contribution is 6.30. The summed E-state index contributed by atoms with van der Waals surface area (Å²) in [7, 11) is 0. The number of aryl methyl sites for hydroxylation is 1. The van der Waals surface area contributed by atoms with Gasteiger partial charge in [-0.3, -0.25) is 10.1 Å². The van der Waals surface area contributed by atoms with E-state index in [1.807, 2.05) is 0 Å². The van der Waals surface area contributed by atoms with Gasteiger partial charge in [0.25, 0.3) is 5.91 Å². The van der Waals surface area contributed by atoms with Crippen molar-refractivity contribution < 1.29 is 9.21 Å². The number of amides is 1. The molecule has 7 nitrogen and oxygen atoms in total. The minimum Gasteiger partial charge on any atom is -0.408 e. The number of anilines is 2. The molecule has 0 fully saturated rings. The van der Waals surface area contributed by atoms with Gasteiger partial charge in [0.15, 0.2) is 0 Å². The van der Waals surface area contributed by atoms with Crippen LogP contribution in [0.3, 0.4) is 0 Å². The standard InChI is InChI=1S/C9H8ClN5O2/c1-4-14-15-9(17-4)13-8(16)5-2-6(10)12-7(11)3-5/h2-3H,1H3,(H2,11,12)(H,13,15,16). The molecule has 2 aromatic heterocycles. The van der Waals surface area contributed by atoms with Crippen molar-refractivity contribution in [2.45, 2.75) is 6.92 Å². The summed E-state index contributed by atoms with van der Waals surface area (Å²) in [5.74, 6) is 0.0570. The second-order valence-electron chi connectivity index (χ2n) is 3.18. The number of pyridine rings is 1. The molecule has 0 spiro atoms. The number of halogens is 1. The lowest BCUT2D eigenvalue weighted by Crippen LogP contribution is -2.13. The number of carbonyl (C=O) groups is 1. The lowest BCUT2D eigenvalue weighted by atomic mass is 10.2. The van der Waals surface area contributed by atoms with Crippen LogP contribution in [0.15, 0.2) is 16.5 Å². The number of nitrogen functional groups attached to an aromatic ring is 1. The highest BCUT2D eigenvalue weighted by Gasteiger charge is 2.11. The summed E-state index contributed by atoms with van der Waals surface area (Å²) < 4.78 is 5.00. The van der Waals surface area contributed by atoms with Gasteiger partial charge in [0.2, 0.25) is 5.89 Å². The minimum absolute atomic E-state index is 0.0130. The summed E-state index contributed by atoms with van der Waals surface area (Å²) >= 11 is 5.68. The predicted octanol–water partition coefficient (Wildman–Crippen LogP) is 1.26. The van der Waals surface area contributed by atoms with E-state index < -0.39 is 5.91 Å². The molecule has 0 saturated heterocycles. The number of carbonyl (C=O) groups excluding carboxylic acids is 1. The lowest BCUT2D eigenvalue weighted by molar-refractivity contribution is 0.102. The van der Waals surface area contributed by atoms with Crippen LogP contribution < -0.4 is 11.1 Å². The molecule has 3 N–H and O–H groups in total. The molecule has 0 aliphatic carbocycles. The number of hydrogen-bond acceptors (Lipinski definition) is 6. The zero-order valence-electron chi connectivity index (χ0n) is 8.77. The molecule has 0 radical (unpaired) electrons. The number of nitrogens with zero attached hydrogens (tertiary/aromatic N) is 3. The van der Waals surface area contributed by atoms with Gasteiger partial charge < -0.3 is 10.2 Å². The van der Waals surface area contributed by atoms with E-state index in [1.165, 1.54) is 12.1 Å². The summed E-state index contributed by atoms with van der Waals surface area (Å²) in [4.78, 5) is 15.5. The number of rotatable bonds is 2. The first-order valence-corrected chi connectivity index (χ1v) is 4.97. The van der Waals surface area contributed by atoms with E-state index in [0.717, 1.165) is 0 Å². The van der Waals surface area contributed by atoms with Gasteiger partial charge in [-0.1, -0.05) is 16.7 Å². The second kappa shape index (κ2) is 4.38. The van der Waals surface area contributed by atoms with Crippen LogP contribution >= 0.6 is 11.6 Å². The Hall–Kier alpha value is -2.15. The molecule has 0 unspecified atom stereocenters. The Morgan fingerprint density at radius 3 is 2.82 bits per heavy atom. The van der Waals surface area contributed by atoms with Crippen molar-refractivity contribution in [2.75, 3.05) is 11.1 Å². The van der Waals surface area contributed by atoms with Crippen LogP contribution in [0.5, 0.6) is 0 Å². The molecular weight excluding hydrogens is 246 g/mol. The molecule has 0 bridgehead atoms. The molecule has 0 saturated carbocycles. The summed E-state index contributed by atoms with van der Waals surface area (Å²) in [5, 5.41) is 9.75. The number of nitrogens with one attached hydrogen (secondary N) is 1. The van der Waals surface area contributed by atoms with Crippen molar-refractivity contribution in [3.05, 3.63) is 28.7 Å². The van der Waals surface area contributed by atoms with Crippen LogP contribution in [0.2, 0.25) is 5.15 Å². The number of nitrogens with two attached hydrogens (primary N) is 1. The van der Waals surface area contributed by atoms with E-state index in [9.17, 15) is 4.79 Å². The van der Waals surface area contributed by atoms with Gasteiger partial charge in [0.1, 0.15) is 11.0 Å². The fraction of sp³-hybridized carbons (Fsp3) is 0.111. The maximum atomic E-state index is 11.7. The second-order valence-corrected chi connectivity index (χ2v) is 3.57. The van der Waals surface area contributed by atoms with Crippen LogP contribution in [0.1, 0.15) is 16.2 Å². The van der Waals surface area contributed by atoms with E-state index in [4.69, 9.17) is 21.8 Å². The lowest BCUT2D eigenvalue weighted by Gasteiger charge is -2.02. The minimum atomic E-state index is -0.454. The summed E-state index contributed by atoms with van der Waals surface area (Å²) in [6, 6.07) is 2.79. The van der Waals surface area contributed by atoms with Crippen molar-refractivity contribution >= 4 is 29.3 Å². The maximum Gasteiger partial charge on any atom is 0.322 e. The Labute approximate surface area is 101 Å². The van der Waals surface area contributed by atoms with Gasteiger partial charge in [0.05, 0.1) is 0 Å². The molecule has 2 aromatic rings. The van der Waals surface area contributed by atoms with E-state index in [2.05, 4.69) is 20.5 Å². The fourth-order valence-corrected chi connectivity index (χ4v) is 1.38. The number of aromatic nitrogens is 3. The van der Waals surface area contributed by atoms with Gasteiger partial charge >= 0.3 is 6.01 Å². The molecule has 0 aliphatic rings. The van der Waals surface area contributed by atoms with Crippen LogP contribution in [0.4, 0.5) is 11.8 Å². The fourth-order valence-electron chi connectivity index (χ4n) is 1.16. The molecule has 0 aromatic carbocycles. The third kappa shape index (κ3) is 2.70. The summed E-state index contributed by atoms with van der Waals surface area (Å²) in [6.45, 7) is 1.62. The third-order valence-electron chi connectivity index (χ3n) is 1.82. The van der Waals surface area contributed by atoms with E-state index >= 15 is 0 Å². The van der Waals surface area contributed by atoms with E-state index in [0.29, 0.717) is 5.89 Å². The van der Waals surface area contributed by atoms with E-state index in [1.54, 1.807) is 6.92 Å². The average Bonchev–Trinajstić information content (AvgIpc) is 2.62. The zero-order valence-corrected chi connectivity index (χ0v) is 9.52. The highest BCUT2D eigenvalue weighted by atomic mass is 35.5. The van der Waals surface area contributed by atoms with Crippen LogP contribution in [0, 0.1) is 6.92 Å². The zero-order chi connectivity index (χ0) is 12.4. The maximum absolute atomic E-state index is 11.7. The Morgan fingerprint density at radius 1 is 1.47 bits per heavy atom. The summed E-state index contributed by atoms with van der Waals surface area (Å²) in [6.07, 6.45) is 0. The molecule has 88 valence electrons. The van der Waals surface area contributed by atoms with Crippen molar-refractivity contribution in [2.24, 2.45) is 0 Å². The molecule has 2 rings (SSSR count). The third-order valence-corrected chi connectivity index (χ3v) is 2.02. The van der Waals surface area contributed by atoms with Crippen molar-refractivity contribution in [1.29, 1.82) is 0 Å². The van der Waals surface area contributed by atoms with Gasteiger partial charge in [-0.05, 0) is 12.1 Å². The Balaban J connectivity index is 2.19. The first-order valence-electron chi connectivity index (χ1n) is 4.59. The normalized spacial score (nSPS) is 10.2. The van der Waals surface area contributed by atoms with Crippen LogP contribution in [-0.2, 0) is 0 Å². The molecule has 0 aliphatic heterocycles. The van der Waals surface area contributed by atoms with Gasteiger partial charge in [-0.15, -0.1) is 5.10 Å².